The van der Waals surface area contributed by atoms with E-state index >= 15 is 0 Å². The number of hydrogen-bond acceptors (Lipinski definition) is 8. The lowest BCUT2D eigenvalue weighted by Crippen LogP contribution is -2.56. The van der Waals surface area contributed by atoms with Crippen molar-refractivity contribution >= 4 is 28.6 Å². The first-order valence-corrected chi connectivity index (χ1v) is 11.3. The summed E-state index contributed by atoms with van der Waals surface area (Å²) in [5.41, 5.74) is 1.27. The number of aliphatic hydroxyl groups is 1. The summed E-state index contributed by atoms with van der Waals surface area (Å²) in [4.78, 5) is 34.7. The highest BCUT2D eigenvalue weighted by Crippen LogP contribution is 2.61. The number of carbonyl (C=O) groups is 1. The number of allylic oxidation sites excluding steroid dienone is 1. The largest absolute Gasteiger partial charge is 0.385 e. The number of rotatable bonds is 4. The molecule has 0 amide bonds. The number of nitrogens with zero attached hydrogens (tertiary/aromatic N) is 3. The number of nitrogens with one attached hydrogen (secondary N) is 1. The number of benzene rings is 1. The molecule has 2 bridgehead atoms. The van der Waals surface area contributed by atoms with Crippen LogP contribution < -0.4 is 5.43 Å². The summed E-state index contributed by atoms with van der Waals surface area (Å²) in [6.45, 7) is 10.2. The lowest BCUT2D eigenvalue weighted by molar-refractivity contribution is -0.394. The predicted molar refractivity (Wildman–Crippen MR) is 127 cm³/mol. The highest BCUT2D eigenvalue weighted by molar-refractivity contribution is 6.49. The minimum absolute atomic E-state index is 0.0329. The molecule has 1 aromatic carbocycles. The zero-order valence-corrected chi connectivity index (χ0v) is 20.1. The number of nitro groups is 2. The number of nitro benzene ring substituents is 2. The number of non-ortho nitro benzene ring substituents is 2. The second-order valence-corrected chi connectivity index (χ2v) is 11.9. The first-order chi connectivity index (χ1) is 15.5. The molecule has 4 rings (SSSR count). The Morgan fingerprint density at radius 1 is 0.941 bits per heavy atom. The van der Waals surface area contributed by atoms with Gasteiger partial charge in [0.15, 0.2) is 0 Å². The van der Waals surface area contributed by atoms with Crippen molar-refractivity contribution in [3.63, 3.8) is 0 Å². The standard InChI is InChI=1S/C24H30N4O6/c1-21(2)11-23(5)10-14-9-22(3,4)20(19(29)18(14)24(30,12-21)13-23)26-25-15-6-16(27(31)32)8-17(7-15)28(33)34/h6-8,25,30H,9-13H2,1-5H3. The molecule has 2 N–H and O–H groups in total. The summed E-state index contributed by atoms with van der Waals surface area (Å²) < 4.78 is 0. The molecule has 1 saturated carbocycles. The van der Waals surface area contributed by atoms with Crippen molar-refractivity contribution in [2.24, 2.45) is 21.3 Å². The van der Waals surface area contributed by atoms with Crippen molar-refractivity contribution in [2.45, 2.75) is 72.3 Å². The van der Waals surface area contributed by atoms with E-state index in [0.29, 0.717) is 24.8 Å². The smallest absolute Gasteiger partial charge is 0.278 e. The van der Waals surface area contributed by atoms with E-state index in [1.807, 2.05) is 13.8 Å². The topological polar surface area (TPSA) is 148 Å². The van der Waals surface area contributed by atoms with Gasteiger partial charge in [0, 0.05) is 23.1 Å². The third-order valence-electron chi connectivity index (χ3n) is 7.21. The molecule has 0 saturated heterocycles. The first-order valence-electron chi connectivity index (χ1n) is 11.3. The monoisotopic (exact) mass is 470 g/mol. The van der Waals surface area contributed by atoms with E-state index in [1.165, 1.54) is 0 Å². The van der Waals surface area contributed by atoms with Crippen molar-refractivity contribution in [3.8, 4) is 0 Å². The van der Waals surface area contributed by atoms with Crippen LogP contribution in [0.1, 0.15) is 66.7 Å². The number of Topliss-reactive ketones (excluding diaryl/α,β-unsaturated/α-hetero) is 1. The number of hydrogen-bond donors (Lipinski definition) is 2. The van der Waals surface area contributed by atoms with Crippen LogP contribution in [0, 0.1) is 36.5 Å². The van der Waals surface area contributed by atoms with Gasteiger partial charge in [-0.2, -0.15) is 5.10 Å². The number of ketones is 1. The lowest BCUT2D eigenvalue weighted by Gasteiger charge is -2.57. The molecule has 0 aliphatic heterocycles. The quantitative estimate of drug-likeness (QED) is 0.469. The third-order valence-corrected chi connectivity index (χ3v) is 7.21. The summed E-state index contributed by atoms with van der Waals surface area (Å²) in [5.74, 6) is -0.332. The maximum absolute atomic E-state index is 13.8. The van der Waals surface area contributed by atoms with Crippen LogP contribution in [0.15, 0.2) is 34.4 Å². The molecule has 0 radical (unpaired) electrons. The zero-order valence-electron chi connectivity index (χ0n) is 20.1. The zero-order chi connectivity index (χ0) is 25.3. The molecule has 0 spiro atoms. The molecule has 3 aliphatic rings. The molecule has 3 aliphatic carbocycles. The van der Waals surface area contributed by atoms with Gasteiger partial charge < -0.3 is 5.11 Å². The average Bonchev–Trinajstić information content (AvgIpc) is 2.63. The fourth-order valence-corrected chi connectivity index (χ4v) is 6.83. The number of fused-ring (bicyclic) bond motifs is 3. The van der Waals surface area contributed by atoms with Crippen LogP contribution in [0.4, 0.5) is 17.1 Å². The van der Waals surface area contributed by atoms with Crippen LogP contribution in [-0.4, -0.2) is 32.0 Å². The number of carbonyl (C=O) groups excluding carboxylic acids is 1. The van der Waals surface area contributed by atoms with E-state index in [0.717, 1.165) is 36.6 Å². The molecule has 0 heterocycles. The Balaban J connectivity index is 1.74. The van der Waals surface area contributed by atoms with Crippen molar-refractivity contribution in [1.29, 1.82) is 0 Å². The Hall–Kier alpha value is -3.14. The van der Waals surface area contributed by atoms with Gasteiger partial charge in [-0.1, -0.05) is 40.2 Å². The van der Waals surface area contributed by atoms with Gasteiger partial charge in [-0.05, 0) is 42.9 Å². The van der Waals surface area contributed by atoms with E-state index in [4.69, 9.17) is 0 Å². The second kappa shape index (κ2) is 7.43. The van der Waals surface area contributed by atoms with Crippen LogP contribution in [0.5, 0.6) is 0 Å². The van der Waals surface area contributed by atoms with Crippen LogP contribution in [-0.2, 0) is 4.79 Å². The fraction of sp³-hybridized carbons (Fsp3) is 0.583. The summed E-state index contributed by atoms with van der Waals surface area (Å²) in [7, 11) is 0. The van der Waals surface area contributed by atoms with E-state index in [9.17, 15) is 30.1 Å². The molecule has 10 nitrogen and oxygen atoms in total. The number of hydrazone groups is 1. The molecular formula is C24H30N4O6. The Morgan fingerprint density at radius 3 is 2.09 bits per heavy atom. The second-order valence-electron chi connectivity index (χ2n) is 11.9. The van der Waals surface area contributed by atoms with Crippen LogP contribution in [0.2, 0.25) is 0 Å². The molecule has 2 atom stereocenters. The minimum atomic E-state index is -1.23. The molecule has 10 heteroatoms. The molecule has 1 aromatic rings. The summed E-state index contributed by atoms with van der Waals surface area (Å²) in [5, 5.41) is 38.4. The van der Waals surface area contributed by atoms with Crippen LogP contribution in [0.3, 0.4) is 0 Å². The summed E-state index contributed by atoms with van der Waals surface area (Å²) >= 11 is 0. The number of anilines is 1. The van der Waals surface area contributed by atoms with E-state index in [1.54, 1.807) is 0 Å². The first kappa shape index (κ1) is 24.0. The normalized spacial score (nSPS) is 30.6. The van der Waals surface area contributed by atoms with Gasteiger partial charge in [0.25, 0.3) is 11.4 Å². The maximum atomic E-state index is 13.8. The fourth-order valence-electron chi connectivity index (χ4n) is 6.83. The SMILES string of the molecule is CC1(C)CC2(C)CC3=C(C(=O)C(=NNc4cc([N+](=O)[O-])cc([N+](=O)[O-])c4)C(C)(C)C3)C(O)(C1)C2. The highest BCUT2D eigenvalue weighted by atomic mass is 16.6. The summed E-state index contributed by atoms with van der Waals surface area (Å²) in [6, 6.07) is 3.13. The van der Waals surface area contributed by atoms with Crippen LogP contribution >= 0.6 is 0 Å². The van der Waals surface area contributed by atoms with Crippen molar-refractivity contribution < 1.29 is 19.7 Å². The molecule has 34 heavy (non-hydrogen) atoms. The van der Waals surface area contributed by atoms with Gasteiger partial charge in [-0.3, -0.25) is 30.4 Å². The van der Waals surface area contributed by atoms with Gasteiger partial charge in [-0.25, -0.2) is 0 Å². The van der Waals surface area contributed by atoms with Gasteiger partial charge in [0.1, 0.15) is 5.71 Å². The Labute approximate surface area is 197 Å². The Bertz CT molecular complexity index is 1150. The molecule has 0 aromatic heterocycles. The minimum Gasteiger partial charge on any atom is -0.385 e. The molecule has 1 fully saturated rings. The van der Waals surface area contributed by atoms with Crippen molar-refractivity contribution in [3.05, 3.63) is 49.6 Å². The third kappa shape index (κ3) is 4.11. The lowest BCUT2D eigenvalue weighted by atomic mass is 9.49. The van der Waals surface area contributed by atoms with E-state index in [-0.39, 0.29) is 28.0 Å². The predicted octanol–water partition coefficient (Wildman–Crippen LogP) is 4.92. The van der Waals surface area contributed by atoms with Crippen LogP contribution in [0.25, 0.3) is 0 Å². The van der Waals surface area contributed by atoms with Gasteiger partial charge in [0.2, 0.25) is 5.78 Å². The average molecular weight is 471 g/mol. The van der Waals surface area contributed by atoms with E-state index < -0.39 is 32.2 Å². The van der Waals surface area contributed by atoms with Gasteiger partial charge in [0.05, 0.1) is 27.2 Å². The molecular weight excluding hydrogens is 440 g/mol. The van der Waals surface area contributed by atoms with Crippen molar-refractivity contribution in [2.75, 3.05) is 5.43 Å². The Kier molecular flexibility index (Phi) is 5.24. The van der Waals surface area contributed by atoms with Gasteiger partial charge >= 0.3 is 0 Å². The molecule has 2 unspecified atom stereocenters. The summed E-state index contributed by atoms with van der Waals surface area (Å²) in [6.07, 6.45) is 3.29. The molecule has 182 valence electrons. The highest BCUT2D eigenvalue weighted by Gasteiger charge is 2.58. The Morgan fingerprint density at radius 2 is 1.53 bits per heavy atom. The maximum Gasteiger partial charge on any atom is 0.278 e. The van der Waals surface area contributed by atoms with E-state index in [2.05, 4.69) is 31.3 Å². The van der Waals surface area contributed by atoms with Crippen molar-refractivity contribution in [1.82, 2.24) is 0 Å². The van der Waals surface area contributed by atoms with Gasteiger partial charge in [-0.15, -0.1) is 0 Å².